The van der Waals surface area contributed by atoms with Gasteiger partial charge in [0.1, 0.15) is 0 Å². The molecule has 0 unspecified atom stereocenters. The molecule has 0 fully saturated rings. The Hall–Kier alpha value is -1.52. The fraction of sp³-hybridized carbons (Fsp3) is 0.429. The summed E-state index contributed by atoms with van der Waals surface area (Å²) in [6.07, 6.45) is 0. The zero-order chi connectivity index (χ0) is 9.14. The third-order valence-electron chi connectivity index (χ3n) is 1.25. The summed E-state index contributed by atoms with van der Waals surface area (Å²) in [5.74, 6) is -0.239. The van der Waals surface area contributed by atoms with E-state index < -0.39 is 11.8 Å². The summed E-state index contributed by atoms with van der Waals surface area (Å²) in [7, 11) is 0. The number of ether oxygens (including phenoxy) is 1. The van der Waals surface area contributed by atoms with Crippen molar-refractivity contribution in [1.82, 2.24) is 0 Å². The van der Waals surface area contributed by atoms with Crippen molar-refractivity contribution < 1.29 is 23.2 Å². The minimum Gasteiger partial charge on any atom is -0.455 e. The number of aryl methyl sites for hydroxylation is 1. The monoisotopic (exact) mass is 173 g/mol. The first-order valence-corrected chi connectivity index (χ1v) is 3.34. The minimum absolute atomic E-state index is 0.0226. The highest BCUT2D eigenvalue weighted by atomic mass is 16.6. The normalized spacial score (nSPS) is 9.83. The van der Waals surface area contributed by atoms with E-state index in [2.05, 4.69) is 13.6 Å². The van der Waals surface area contributed by atoms with Crippen molar-refractivity contribution in [2.45, 2.75) is 20.5 Å². The molecule has 0 bridgehead atoms. The summed E-state index contributed by atoms with van der Waals surface area (Å²) in [5, 5.41) is 0. The molecule has 1 aromatic rings. The van der Waals surface area contributed by atoms with E-state index in [-0.39, 0.29) is 6.61 Å². The maximum atomic E-state index is 10.4. The maximum Gasteiger partial charge on any atom is 0.724 e. The van der Waals surface area contributed by atoms with Gasteiger partial charge < -0.3 is 9.53 Å². The van der Waals surface area contributed by atoms with Gasteiger partial charge >= 0.3 is 11.8 Å². The Morgan fingerprint density at radius 2 is 2.25 bits per heavy atom. The topological polar surface area (TPSA) is 74.0 Å². The summed E-state index contributed by atoms with van der Waals surface area (Å²) in [6.45, 7) is 2.86. The smallest absolute Gasteiger partial charge is 0.455 e. The number of carbonyl (C=O) groups excluding carboxylic acids is 1. The molecular weight excluding hydrogens is 164 g/mol. The predicted molar refractivity (Wildman–Crippen MR) is 36.3 cm³/mol. The first-order chi connectivity index (χ1) is 5.59. The van der Waals surface area contributed by atoms with Gasteiger partial charge in [-0.2, -0.15) is 0 Å². The summed E-state index contributed by atoms with van der Waals surface area (Å²) in [4.78, 5) is 19.1. The zero-order valence-electron chi connectivity index (χ0n) is 6.79. The van der Waals surface area contributed by atoms with Crippen molar-refractivity contribution in [3.05, 3.63) is 17.3 Å². The molecule has 5 heteroatoms. The fourth-order valence-corrected chi connectivity index (χ4v) is 0.684. The molecule has 0 amide bonds. The van der Waals surface area contributed by atoms with E-state index in [1.54, 1.807) is 6.92 Å². The van der Waals surface area contributed by atoms with Crippen LogP contribution >= 0.6 is 0 Å². The first-order valence-electron chi connectivity index (χ1n) is 3.34. The molecular formula is C7H9O5+. The molecule has 0 aliphatic heterocycles. The van der Waals surface area contributed by atoms with E-state index in [1.165, 1.54) is 6.92 Å². The molecule has 1 aromatic heterocycles. The Bertz CT molecular complexity index is 332. The molecule has 66 valence electrons. The lowest BCUT2D eigenvalue weighted by Crippen LogP contribution is -1.99. The summed E-state index contributed by atoms with van der Waals surface area (Å²) in [5.41, 5.74) is 0. The van der Waals surface area contributed by atoms with Crippen LogP contribution < -0.4 is 5.82 Å². The standard InChI is InChI=1S/C7H8O5/c1-4-6(3-10-5(2)8)12-7(9)11-4/h3H2,1-2H3/p+1. The number of hydrogen-bond donors (Lipinski definition) is 0. The molecule has 0 radical (unpaired) electrons. The van der Waals surface area contributed by atoms with Gasteiger partial charge in [0.2, 0.25) is 0 Å². The van der Waals surface area contributed by atoms with Gasteiger partial charge in [-0.25, -0.2) is 0 Å². The van der Waals surface area contributed by atoms with Gasteiger partial charge in [-0.05, 0) is 0 Å². The van der Waals surface area contributed by atoms with Crippen LogP contribution in [0.1, 0.15) is 18.4 Å². The number of rotatable bonds is 2. The lowest BCUT2D eigenvalue weighted by atomic mass is 10.4. The van der Waals surface area contributed by atoms with Crippen LogP contribution in [0.3, 0.4) is 0 Å². The minimum atomic E-state index is -0.533. The molecule has 0 aromatic carbocycles. The predicted octanol–water partition coefficient (Wildman–Crippen LogP) is 0.249. The number of carbonyl (C=O) groups is 1. The SMILES string of the molecule is CC(=O)OCc1oc(=[OH+])oc1C. The Balaban J connectivity index is 2.69. The van der Waals surface area contributed by atoms with E-state index in [0.29, 0.717) is 11.5 Å². The highest BCUT2D eigenvalue weighted by Crippen LogP contribution is 2.05. The van der Waals surface area contributed by atoms with E-state index in [0.717, 1.165) is 0 Å². The molecule has 0 aliphatic carbocycles. The van der Waals surface area contributed by atoms with Crippen molar-refractivity contribution >= 4 is 5.97 Å². The van der Waals surface area contributed by atoms with Gasteiger partial charge in [0.05, 0.1) is 0 Å². The second-order valence-electron chi connectivity index (χ2n) is 2.23. The maximum absolute atomic E-state index is 10.4. The molecule has 0 aliphatic rings. The highest BCUT2D eigenvalue weighted by Gasteiger charge is 2.17. The molecule has 0 atom stereocenters. The van der Waals surface area contributed by atoms with Crippen molar-refractivity contribution in [3.63, 3.8) is 0 Å². The van der Waals surface area contributed by atoms with Crippen LogP contribution in [0, 0.1) is 6.92 Å². The van der Waals surface area contributed by atoms with Crippen molar-refractivity contribution in [1.29, 1.82) is 0 Å². The van der Waals surface area contributed by atoms with Crippen molar-refractivity contribution in [2.24, 2.45) is 0 Å². The van der Waals surface area contributed by atoms with E-state index in [4.69, 9.17) is 4.79 Å². The summed E-state index contributed by atoms with van der Waals surface area (Å²) < 4.78 is 13.9. The van der Waals surface area contributed by atoms with Crippen LogP contribution in [0.25, 0.3) is 0 Å². The van der Waals surface area contributed by atoms with Crippen LogP contribution in [-0.2, 0) is 16.1 Å². The molecule has 0 spiro atoms. The number of esters is 1. The number of hydrogen-bond acceptors (Lipinski definition) is 4. The van der Waals surface area contributed by atoms with Gasteiger partial charge in [-0.3, -0.25) is 13.6 Å². The lowest BCUT2D eigenvalue weighted by Gasteiger charge is -1.92. The van der Waals surface area contributed by atoms with Gasteiger partial charge in [0.15, 0.2) is 6.61 Å². The highest BCUT2D eigenvalue weighted by molar-refractivity contribution is 5.65. The summed E-state index contributed by atoms with van der Waals surface area (Å²) >= 11 is 0. The molecule has 12 heavy (non-hydrogen) atoms. The lowest BCUT2D eigenvalue weighted by molar-refractivity contribution is -0.142. The van der Waals surface area contributed by atoms with E-state index in [1.807, 2.05) is 0 Å². The van der Waals surface area contributed by atoms with Crippen LogP contribution in [0.2, 0.25) is 0 Å². The Morgan fingerprint density at radius 1 is 1.58 bits per heavy atom. The molecule has 0 saturated heterocycles. The van der Waals surface area contributed by atoms with Crippen LogP contribution in [0.4, 0.5) is 0 Å². The van der Waals surface area contributed by atoms with Crippen LogP contribution in [0.5, 0.6) is 0 Å². The van der Waals surface area contributed by atoms with Crippen molar-refractivity contribution in [2.75, 3.05) is 0 Å². The molecule has 1 rings (SSSR count). The Labute approximate surface area is 67.9 Å². The first kappa shape index (κ1) is 8.58. The van der Waals surface area contributed by atoms with Crippen molar-refractivity contribution in [3.8, 4) is 0 Å². The van der Waals surface area contributed by atoms with Gasteiger partial charge in [0.25, 0.3) is 11.5 Å². The van der Waals surface area contributed by atoms with Gasteiger partial charge in [-0.1, -0.05) is 0 Å². The molecule has 1 heterocycles. The second-order valence-corrected chi connectivity index (χ2v) is 2.23. The largest absolute Gasteiger partial charge is 0.724 e. The van der Waals surface area contributed by atoms with Crippen LogP contribution in [0.15, 0.2) is 8.83 Å². The van der Waals surface area contributed by atoms with E-state index >= 15 is 0 Å². The third kappa shape index (κ3) is 1.98. The molecule has 5 nitrogen and oxygen atoms in total. The van der Waals surface area contributed by atoms with E-state index in [9.17, 15) is 4.79 Å². The molecule has 0 saturated carbocycles. The average Bonchev–Trinajstić information content (AvgIpc) is 2.26. The zero-order valence-corrected chi connectivity index (χ0v) is 6.79. The Kier molecular flexibility index (Phi) is 2.32. The molecule has 1 N–H and O–H groups in total. The summed E-state index contributed by atoms with van der Waals surface area (Å²) in [6, 6.07) is 0. The third-order valence-corrected chi connectivity index (χ3v) is 1.25. The fourth-order valence-electron chi connectivity index (χ4n) is 0.684. The van der Waals surface area contributed by atoms with Gasteiger partial charge in [0, 0.05) is 13.8 Å². The Morgan fingerprint density at radius 3 is 2.67 bits per heavy atom. The second kappa shape index (κ2) is 3.25. The quantitative estimate of drug-likeness (QED) is 0.474. The van der Waals surface area contributed by atoms with Crippen LogP contribution in [-0.4, -0.2) is 10.8 Å². The average molecular weight is 173 g/mol. The van der Waals surface area contributed by atoms with Gasteiger partial charge in [-0.15, -0.1) is 0 Å².